The van der Waals surface area contributed by atoms with E-state index in [-0.39, 0.29) is 31.1 Å². The Labute approximate surface area is 374 Å². The maximum atomic E-state index is 12.7. The van der Waals surface area contributed by atoms with Crippen molar-refractivity contribution in [3.8, 4) is 0 Å². The molecule has 1 atom stereocenters. The Morgan fingerprint density at radius 2 is 0.450 bits per heavy atom. The molecule has 0 N–H and O–H groups in total. The number of esters is 3. The van der Waals surface area contributed by atoms with E-state index in [1.807, 2.05) is 0 Å². The van der Waals surface area contributed by atoms with E-state index in [9.17, 15) is 14.4 Å². The summed E-state index contributed by atoms with van der Waals surface area (Å²) in [5.41, 5.74) is 0. The average Bonchev–Trinajstić information content (AvgIpc) is 3.24. The zero-order chi connectivity index (χ0) is 43.7. The van der Waals surface area contributed by atoms with Crippen LogP contribution in [0.15, 0.2) is 0 Å². The van der Waals surface area contributed by atoms with Crippen LogP contribution in [0.4, 0.5) is 0 Å². The molecule has 0 bridgehead atoms. The van der Waals surface area contributed by atoms with Crippen molar-refractivity contribution in [2.24, 2.45) is 0 Å². The van der Waals surface area contributed by atoms with Gasteiger partial charge in [-0.3, -0.25) is 14.4 Å². The van der Waals surface area contributed by atoms with Gasteiger partial charge in [-0.15, -0.1) is 0 Å². The number of ether oxygens (including phenoxy) is 3. The van der Waals surface area contributed by atoms with Crippen LogP contribution >= 0.6 is 0 Å². The molecule has 6 nitrogen and oxygen atoms in total. The quantitative estimate of drug-likeness (QED) is 0.0345. The fraction of sp³-hybridized carbons (Fsp3) is 0.944. The van der Waals surface area contributed by atoms with Gasteiger partial charge in [0.15, 0.2) is 6.10 Å². The lowest BCUT2D eigenvalue weighted by Gasteiger charge is -2.18. The van der Waals surface area contributed by atoms with Gasteiger partial charge in [0.1, 0.15) is 13.2 Å². The van der Waals surface area contributed by atoms with Gasteiger partial charge in [0.25, 0.3) is 0 Å². The van der Waals surface area contributed by atoms with Crippen LogP contribution in [0.5, 0.6) is 0 Å². The first kappa shape index (κ1) is 58.4. The summed E-state index contributed by atoms with van der Waals surface area (Å²) >= 11 is 0. The normalized spacial score (nSPS) is 11.8. The van der Waals surface area contributed by atoms with Crippen molar-refractivity contribution in [3.05, 3.63) is 0 Å². The van der Waals surface area contributed by atoms with Crippen LogP contribution in [-0.4, -0.2) is 37.2 Å². The molecule has 0 aromatic heterocycles. The molecule has 1 unspecified atom stereocenters. The fourth-order valence-corrected chi connectivity index (χ4v) is 8.27. The number of rotatable bonds is 50. The number of carbonyl (C=O) groups excluding carboxylic acids is 3. The molecule has 0 aromatic rings. The highest BCUT2D eigenvalue weighted by Crippen LogP contribution is 2.17. The van der Waals surface area contributed by atoms with Gasteiger partial charge in [0.05, 0.1) is 0 Å². The zero-order valence-electron chi connectivity index (χ0n) is 40.8. The lowest BCUT2D eigenvalue weighted by atomic mass is 10.0. The molecular formula is C54H104O6. The van der Waals surface area contributed by atoms with Gasteiger partial charge in [-0.1, -0.05) is 271 Å². The summed E-state index contributed by atoms with van der Waals surface area (Å²) in [5.74, 6) is -0.847. The molecule has 356 valence electrons. The zero-order valence-corrected chi connectivity index (χ0v) is 40.8. The number of carbonyl (C=O) groups is 3. The van der Waals surface area contributed by atoms with E-state index in [4.69, 9.17) is 14.2 Å². The molecule has 0 fully saturated rings. The lowest BCUT2D eigenvalue weighted by Crippen LogP contribution is -2.30. The van der Waals surface area contributed by atoms with Crippen molar-refractivity contribution >= 4 is 17.9 Å². The van der Waals surface area contributed by atoms with E-state index in [0.29, 0.717) is 19.3 Å². The summed E-state index contributed by atoms with van der Waals surface area (Å²) < 4.78 is 16.8. The van der Waals surface area contributed by atoms with Crippen molar-refractivity contribution in [1.82, 2.24) is 0 Å². The van der Waals surface area contributed by atoms with Crippen LogP contribution in [0, 0.1) is 0 Å². The first-order valence-electron chi connectivity index (χ1n) is 27.0. The summed E-state index contributed by atoms with van der Waals surface area (Å²) in [5, 5.41) is 0. The van der Waals surface area contributed by atoms with Gasteiger partial charge >= 0.3 is 17.9 Å². The van der Waals surface area contributed by atoms with E-state index < -0.39 is 6.10 Å². The molecule has 0 saturated heterocycles. The molecule has 0 aromatic carbocycles. The van der Waals surface area contributed by atoms with E-state index in [2.05, 4.69) is 20.8 Å². The molecule has 0 amide bonds. The Kier molecular flexibility index (Phi) is 48.7. The van der Waals surface area contributed by atoms with Crippen molar-refractivity contribution in [3.63, 3.8) is 0 Å². The molecule has 6 heteroatoms. The maximum Gasteiger partial charge on any atom is 0.306 e. The van der Waals surface area contributed by atoms with Crippen molar-refractivity contribution in [2.45, 2.75) is 316 Å². The van der Waals surface area contributed by atoms with Crippen molar-refractivity contribution < 1.29 is 28.6 Å². The predicted molar refractivity (Wildman–Crippen MR) is 257 cm³/mol. The molecule has 0 rings (SSSR count). The van der Waals surface area contributed by atoms with Crippen LogP contribution in [-0.2, 0) is 28.6 Å². The fourth-order valence-electron chi connectivity index (χ4n) is 8.27. The molecule has 60 heavy (non-hydrogen) atoms. The highest BCUT2D eigenvalue weighted by atomic mass is 16.6. The standard InChI is InChI=1S/C54H104O6/c1-4-7-10-13-16-19-21-22-23-24-25-26-27-28-29-30-31-32-34-35-38-41-44-47-53(56)59-50-51(49-58-52(55)46-43-40-37-18-15-12-9-6-3)60-54(57)48-45-42-39-36-33-20-17-14-11-8-5-2/h51H,4-50H2,1-3H3. The van der Waals surface area contributed by atoms with Gasteiger partial charge in [-0.2, -0.15) is 0 Å². The summed E-state index contributed by atoms with van der Waals surface area (Å²) in [4.78, 5) is 37.8. The molecule has 0 radical (unpaired) electrons. The lowest BCUT2D eigenvalue weighted by molar-refractivity contribution is -0.167. The van der Waals surface area contributed by atoms with Gasteiger partial charge in [0.2, 0.25) is 0 Å². The van der Waals surface area contributed by atoms with Crippen molar-refractivity contribution in [1.29, 1.82) is 0 Å². The minimum atomic E-state index is -0.758. The first-order valence-corrected chi connectivity index (χ1v) is 27.0. The smallest absolute Gasteiger partial charge is 0.306 e. The number of unbranched alkanes of at least 4 members (excludes halogenated alkanes) is 39. The van der Waals surface area contributed by atoms with Crippen LogP contribution < -0.4 is 0 Å². The topological polar surface area (TPSA) is 78.9 Å². The molecule has 0 aliphatic rings. The van der Waals surface area contributed by atoms with E-state index >= 15 is 0 Å². The highest BCUT2D eigenvalue weighted by Gasteiger charge is 2.19. The van der Waals surface area contributed by atoms with E-state index in [1.165, 1.54) is 212 Å². The summed E-state index contributed by atoms with van der Waals surface area (Å²) in [6.45, 7) is 6.65. The molecule has 0 spiro atoms. The van der Waals surface area contributed by atoms with Gasteiger partial charge in [0, 0.05) is 19.3 Å². The molecule has 0 aliphatic carbocycles. The molecular weight excluding hydrogens is 745 g/mol. The van der Waals surface area contributed by atoms with Crippen molar-refractivity contribution in [2.75, 3.05) is 13.2 Å². The Bertz CT molecular complexity index is 889. The number of hydrogen-bond donors (Lipinski definition) is 0. The third kappa shape index (κ3) is 47.5. The molecule has 0 aliphatic heterocycles. The average molecular weight is 849 g/mol. The summed E-state index contributed by atoms with van der Waals surface area (Å²) in [6.07, 6.45) is 54.0. The largest absolute Gasteiger partial charge is 0.462 e. The molecule has 0 saturated carbocycles. The SMILES string of the molecule is CCCCCCCCCCCCCCCCCCCCCCCCCC(=O)OCC(COC(=O)CCCCCCCCCC)OC(=O)CCCCCCCCCCCCC. The first-order chi connectivity index (χ1) is 29.5. The molecule has 0 heterocycles. The summed E-state index contributed by atoms with van der Waals surface area (Å²) in [6, 6.07) is 0. The summed E-state index contributed by atoms with van der Waals surface area (Å²) in [7, 11) is 0. The van der Waals surface area contributed by atoms with Crippen LogP contribution in [0.2, 0.25) is 0 Å². The second-order valence-corrected chi connectivity index (χ2v) is 18.5. The van der Waals surface area contributed by atoms with E-state index in [1.54, 1.807) is 0 Å². The van der Waals surface area contributed by atoms with Crippen LogP contribution in [0.25, 0.3) is 0 Å². The van der Waals surface area contributed by atoms with Crippen LogP contribution in [0.1, 0.15) is 310 Å². The van der Waals surface area contributed by atoms with Crippen LogP contribution in [0.3, 0.4) is 0 Å². The minimum Gasteiger partial charge on any atom is -0.462 e. The maximum absolute atomic E-state index is 12.7. The third-order valence-electron chi connectivity index (χ3n) is 12.4. The van der Waals surface area contributed by atoms with Gasteiger partial charge in [-0.05, 0) is 19.3 Å². The number of hydrogen-bond acceptors (Lipinski definition) is 6. The highest BCUT2D eigenvalue weighted by molar-refractivity contribution is 5.71. The van der Waals surface area contributed by atoms with E-state index in [0.717, 1.165) is 57.8 Å². The van der Waals surface area contributed by atoms with Gasteiger partial charge in [-0.25, -0.2) is 0 Å². The third-order valence-corrected chi connectivity index (χ3v) is 12.4. The monoisotopic (exact) mass is 849 g/mol. The minimum absolute atomic E-state index is 0.0623. The van der Waals surface area contributed by atoms with Gasteiger partial charge < -0.3 is 14.2 Å². The Morgan fingerprint density at radius 3 is 0.667 bits per heavy atom. The Morgan fingerprint density at radius 1 is 0.267 bits per heavy atom. The predicted octanol–water partition coefficient (Wildman–Crippen LogP) is 17.6. The Balaban J connectivity index is 4.08. The Hall–Kier alpha value is -1.59. The second-order valence-electron chi connectivity index (χ2n) is 18.5. The second kappa shape index (κ2) is 50.1.